The van der Waals surface area contributed by atoms with Crippen molar-refractivity contribution in [3.8, 4) is 34.5 Å². The van der Waals surface area contributed by atoms with Crippen LogP contribution in [0.3, 0.4) is 0 Å². The predicted octanol–water partition coefficient (Wildman–Crippen LogP) is 3.45. The number of aromatic nitrogens is 7. The molecule has 5 rings (SSSR count). The lowest BCUT2D eigenvalue weighted by atomic mass is 10.2. The van der Waals surface area contributed by atoms with Crippen molar-refractivity contribution in [2.24, 2.45) is 0 Å². The zero-order valence-electron chi connectivity index (χ0n) is 22.0. The molecular weight excluding hydrogens is 502 g/mol. The fraction of sp³-hybridized carbons (Fsp3) is 0.333. The van der Waals surface area contributed by atoms with Gasteiger partial charge in [-0.25, -0.2) is 14.8 Å². The van der Waals surface area contributed by atoms with Crippen molar-refractivity contribution < 1.29 is 14.0 Å². The third-order valence-electron chi connectivity index (χ3n) is 6.13. The maximum Gasteiger partial charge on any atom is 0.332 e. The highest BCUT2D eigenvalue weighted by Gasteiger charge is 2.18. The van der Waals surface area contributed by atoms with E-state index in [-0.39, 0.29) is 11.2 Å². The maximum absolute atomic E-state index is 13.0. The molecule has 0 aliphatic carbocycles. The van der Waals surface area contributed by atoms with Gasteiger partial charge in [-0.3, -0.25) is 13.9 Å². The fourth-order valence-electron chi connectivity index (χ4n) is 4.21. The summed E-state index contributed by atoms with van der Waals surface area (Å²) in [5.74, 6) is 2.67. The molecule has 5 aromatic rings. The fourth-order valence-corrected chi connectivity index (χ4v) is 4.21. The number of rotatable bonds is 11. The number of nitrogens with zero attached hydrogens (tertiary/aromatic N) is 6. The Balaban J connectivity index is 1.27. The Bertz CT molecular complexity index is 1680. The average molecular weight is 532 g/mol. The summed E-state index contributed by atoms with van der Waals surface area (Å²) >= 11 is 0. The van der Waals surface area contributed by atoms with E-state index in [1.165, 1.54) is 4.57 Å². The Hall–Kier alpha value is -4.74. The summed E-state index contributed by atoms with van der Waals surface area (Å²) in [6.45, 7) is 5.04. The van der Waals surface area contributed by atoms with Crippen LogP contribution in [0.2, 0.25) is 0 Å². The highest BCUT2D eigenvalue weighted by Crippen LogP contribution is 2.22. The molecule has 0 fully saturated rings. The van der Waals surface area contributed by atoms with Gasteiger partial charge in [-0.2, -0.15) is 4.98 Å². The summed E-state index contributed by atoms with van der Waals surface area (Å²) in [6.07, 6.45) is 3.44. The van der Waals surface area contributed by atoms with Gasteiger partial charge < -0.3 is 19.0 Å². The lowest BCUT2D eigenvalue weighted by Crippen LogP contribution is -2.40. The van der Waals surface area contributed by atoms with Crippen LogP contribution < -0.4 is 20.7 Å². The van der Waals surface area contributed by atoms with E-state index in [2.05, 4.69) is 25.1 Å². The third-order valence-corrected chi connectivity index (χ3v) is 6.13. The molecule has 0 radical (unpaired) electrons. The summed E-state index contributed by atoms with van der Waals surface area (Å²) in [7, 11) is 1.61. The lowest BCUT2D eigenvalue weighted by Gasteiger charge is -2.09. The van der Waals surface area contributed by atoms with Gasteiger partial charge in [0.2, 0.25) is 0 Å². The van der Waals surface area contributed by atoms with Crippen molar-refractivity contribution in [2.45, 2.75) is 46.2 Å². The van der Waals surface area contributed by atoms with Crippen LogP contribution in [0.4, 0.5) is 0 Å². The minimum Gasteiger partial charge on any atom is -0.497 e. The molecule has 12 heteroatoms. The summed E-state index contributed by atoms with van der Waals surface area (Å²) in [5.41, 5.74) is 1.24. The molecule has 0 saturated heterocycles. The molecule has 4 heterocycles. The minimum absolute atomic E-state index is 0.294. The number of H-pyrrole nitrogens is 1. The highest BCUT2D eigenvalue weighted by atomic mass is 16.5. The molecule has 0 spiro atoms. The van der Waals surface area contributed by atoms with E-state index >= 15 is 0 Å². The van der Waals surface area contributed by atoms with Crippen molar-refractivity contribution in [3.63, 3.8) is 0 Å². The molecule has 39 heavy (non-hydrogen) atoms. The molecule has 0 saturated carbocycles. The van der Waals surface area contributed by atoms with Gasteiger partial charge in [0.25, 0.3) is 11.4 Å². The molecule has 0 amide bonds. The maximum atomic E-state index is 13.0. The van der Waals surface area contributed by atoms with Gasteiger partial charge >= 0.3 is 5.69 Å². The summed E-state index contributed by atoms with van der Waals surface area (Å²) in [5, 5.41) is 4.02. The van der Waals surface area contributed by atoms with Crippen molar-refractivity contribution in [2.75, 3.05) is 13.7 Å². The van der Waals surface area contributed by atoms with Crippen molar-refractivity contribution in [1.82, 2.24) is 34.2 Å². The van der Waals surface area contributed by atoms with Crippen LogP contribution >= 0.6 is 0 Å². The molecule has 0 aliphatic rings. The molecule has 202 valence electrons. The smallest absolute Gasteiger partial charge is 0.332 e. The molecule has 0 unspecified atom stereocenters. The van der Waals surface area contributed by atoms with Gasteiger partial charge in [0.05, 0.1) is 19.9 Å². The lowest BCUT2D eigenvalue weighted by molar-refractivity contribution is 0.314. The van der Waals surface area contributed by atoms with Crippen LogP contribution in [0.15, 0.2) is 56.7 Å². The second-order valence-corrected chi connectivity index (χ2v) is 8.90. The van der Waals surface area contributed by atoms with E-state index in [9.17, 15) is 9.59 Å². The molecule has 1 aromatic carbocycles. The first kappa shape index (κ1) is 25.9. The summed E-state index contributed by atoms with van der Waals surface area (Å²) < 4.78 is 19.1. The van der Waals surface area contributed by atoms with Crippen molar-refractivity contribution in [3.05, 3.63) is 69.3 Å². The van der Waals surface area contributed by atoms with Crippen LogP contribution in [0.1, 0.15) is 32.5 Å². The van der Waals surface area contributed by atoms with Crippen LogP contribution in [0, 0.1) is 0 Å². The first-order valence-electron chi connectivity index (χ1n) is 12.8. The van der Waals surface area contributed by atoms with Gasteiger partial charge in [0.1, 0.15) is 22.7 Å². The van der Waals surface area contributed by atoms with Gasteiger partial charge in [0, 0.05) is 25.1 Å². The number of aryl methyl sites for hydroxylation is 1. The zero-order valence-corrected chi connectivity index (χ0v) is 22.0. The Morgan fingerprint density at radius 3 is 2.38 bits per heavy atom. The Kier molecular flexibility index (Phi) is 7.53. The van der Waals surface area contributed by atoms with Crippen LogP contribution in [0.25, 0.3) is 34.1 Å². The number of ether oxygens (including phenoxy) is 2. The van der Waals surface area contributed by atoms with Gasteiger partial charge in [-0.05, 0) is 49.2 Å². The highest BCUT2D eigenvalue weighted by molar-refractivity contribution is 5.74. The number of nitrogens with one attached hydrogen (secondary N) is 1. The van der Waals surface area contributed by atoms with Crippen molar-refractivity contribution in [1.29, 1.82) is 0 Å². The number of imidazole rings is 1. The SMILES string of the molecule is CCCn1c(=O)c2[nH]c(-c3ccc(OCCc4noc(-c5ccc(OC)cc5)n4)cn3)nc2n(CCC)c1=O. The number of benzene rings is 1. The number of hydrogen-bond acceptors (Lipinski definition) is 9. The van der Waals surface area contributed by atoms with E-state index < -0.39 is 0 Å². The second kappa shape index (κ2) is 11.3. The molecule has 0 atom stereocenters. The number of hydrogen-bond donors (Lipinski definition) is 1. The van der Waals surface area contributed by atoms with Crippen LogP contribution in [-0.4, -0.2) is 47.9 Å². The quantitative estimate of drug-likeness (QED) is 0.271. The van der Waals surface area contributed by atoms with Crippen LogP contribution in [0.5, 0.6) is 11.5 Å². The normalized spacial score (nSPS) is 11.3. The number of methoxy groups -OCH3 is 1. The number of fused-ring (bicyclic) bond motifs is 1. The largest absolute Gasteiger partial charge is 0.497 e. The van der Waals surface area contributed by atoms with Gasteiger partial charge in [-0.1, -0.05) is 19.0 Å². The van der Waals surface area contributed by atoms with E-state index in [0.717, 1.165) is 17.7 Å². The van der Waals surface area contributed by atoms with Gasteiger partial charge in [0.15, 0.2) is 17.3 Å². The minimum atomic E-state index is -0.375. The van der Waals surface area contributed by atoms with Crippen LogP contribution in [-0.2, 0) is 19.5 Å². The summed E-state index contributed by atoms with van der Waals surface area (Å²) in [6, 6.07) is 10.9. The predicted molar refractivity (Wildman–Crippen MR) is 144 cm³/mol. The van der Waals surface area contributed by atoms with E-state index in [0.29, 0.717) is 72.7 Å². The average Bonchev–Trinajstić information content (AvgIpc) is 3.62. The first-order chi connectivity index (χ1) is 19.0. The number of pyridine rings is 1. The first-order valence-corrected chi connectivity index (χ1v) is 12.8. The molecule has 1 N–H and O–H groups in total. The van der Waals surface area contributed by atoms with E-state index in [4.69, 9.17) is 14.0 Å². The number of aromatic amines is 1. The Labute approximate surface area is 223 Å². The monoisotopic (exact) mass is 531 g/mol. The Morgan fingerprint density at radius 2 is 1.69 bits per heavy atom. The van der Waals surface area contributed by atoms with Gasteiger partial charge in [-0.15, -0.1) is 0 Å². The molecule has 12 nitrogen and oxygen atoms in total. The molecule has 0 bridgehead atoms. The van der Waals surface area contributed by atoms with Crippen molar-refractivity contribution >= 4 is 11.2 Å². The second-order valence-electron chi connectivity index (χ2n) is 8.90. The molecule has 0 aliphatic heterocycles. The third kappa shape index (κ3) is 5.31. The topological polar surface area (TPSA) is 143 Å². The van der Waals surface area contributed by atoms with E-state index in [1.807, 2.05) is 38.1 Å². The Morgan fingerprint density at radius 1 is 0.949 bits per heavy atom. The van der Waals surface area contributed by atoms with E-state index in [1.54, 1.807) is 30.0 Å². The zero-order chi connectivity index (χ0) is 27.4. The molecule has 4 aromatic heterocycles. The summed E-state index contributed by atoms with van der Waals surface area (Å²) in [4.78, 5) is 42.3. The molecular formula is C27H29N7O5. The standard InChI is InChI=1S/C27H29N7O5/c1-4-13-33-24-22(26(35)34(14-5-2)27(33)36)30-23(31-24)20-11-10-19(16-28-20)38-15-12-21-29-25(39-32-21)17-6-8-18(37-3)9-7-17/h6-11,16H,4-5,12-15H2,1-3H3,(H,30,31).